The summed E-state index contributed by atoms with van der Waals surface area (Å²) in [5, 5.41) is 2.06. The van der Waals surface area contributed by atoms with E-state index in [0.717, 1.165) is 5.82 Å². The van der Waals surface area contributed by atoms with Gasteiger partial charge in [-0.05, 0) is 25.3 Å². The van der Waals surface area contributed by atoms with Gasteiger partial charge < -0.3 is 10.3 Å². The summed E-state index contributed by atoms with van der Waals surface area (Å²) in [6.07, 6.45) is 3.82. The molecule has 0 aliphatic carbocycles. The summed E-state index contributed by atoms with van der Waals surface area (Å²) in [5.74, 6) is 1.01. The molecule has 0 aromatic carbocycles. The van der Waals surface area contributed by atoms with Crippen LogP contribution in [0.2, 0.25) is 0 Å². The molecule has 0 bridgehead atoms. The van der Waals surface area contributed by atoms with Gasteiger partial charge in [0.2, 0.25) is 0 Å². The van der Waals surface area contributed by atoms with Crippen LogP contribution >= 0.6 is 11.3 Å². The SMILES string of the molecule is CC(N)C(C)n1ccnc1-c1cccs1. The van der Waals surface area contributed by atoms with Crippen LogP contribution in [0.3, 0.4) is 0 Å². The monoisotopic (exact) mass is 221 g/mol. The lowest BCUT2D eigenvalue weighted by Crippen LogP contribution is -2.27. The molecule has 0 spiro atoms. The predicted octanol–water partition coefficient (Wildman–Crippen LogP) is 2.52. The normalized spacial score (nSPS) is 15.1. The van der Waals surface area contributed by atoms with E-state index in [9.17, 15) is 0 Å². The highest BCUT2D eigenvalue weighted by atomic mass is 32.1. The summed E-state index contributed by atoms with van der Waals surface area (Å²) in [4.78, 5) is 5.57. The van der Waals surface area contributed by atoms with Crippen LogP contribution in [-0.2, 0) is 0 Å². The van der Waals surface area contributed by atoms with Crippen LogP contribution in [0.5, 0.6) is 0 Å². The zero-order valence-corrected chi connectivity index (χ0v) is 9.74. The van der Waals surface area contributed by atoms with Crippen LogP contribution in [0.25, 0.3) is 10.7 Å². The molecule has 2 atom stereocenters. The molecule has 2 N–H and O–H groups in total. The van der Waals surface area contributed by atoms with Gasteiger partial charge in [0.25, 0.3) is 0 Å². The Bertz CT molecular complexity index is 417. The minimum atomic E-state index is 0.123. The van der Waals surface area contributed by atoms with Gasteiger partial charge in [-0.3, -0.25) is 0 Å². The fourth-order valence-electron chi connectivity index (χ4n) is 1.49. The average Bonchev–Trinajstić information content (AvgIpc) is 2.86. The van der Waals surface area contributed by atoms with E-state index in [-0.39, 0.29) is 12.1 Å². The first-order valence-electron chi connectivity index (χ1n) is 5.02. The topological polar surface area (TPSA) is 43.8 Å². The van der Waals surface area contributed by atoms with Crippen LogP contribution in [-0.4, -0.2) is 15.6 Å². The molecule has 2 unspecified atom stereocenters. The van der Waals surface area contributed by atoms with E-state index in [4.69, 9.17) is 5.73 Å². The Balaban J connectivity index is 2.38. The first kappa shape index (κ1) is 10.4. The molecule has 80 valence electrons. The van der Waals surface area contributed by atoms with Crippen LogP contribution in [0, 0.1) is 0 Å². The lowest BCUT2D eigenvalue weighted by molar-refractivity contribution is 0.469. The van der Waals surface area contributed by atoms with E-state index in [1.54, 1.807) is 11.3 Å². The highest BCUT2D eigenvalue weighted by Crippen LogP contribution is 2.25. The van der Waals surface area contributed by atoms with Crippen LogP contribution in [0.1, 0.15) is 19.9 Å². The van der Waals surface area contributed by atoms with Crippen molar-refractivity contribution in [1.82, 2.24) is 9.55 Å². The van der Waals surface area contributed by atoms with Gasteiger partial charge in [0.1, 0.15) is 5.82 Å². The quantitative estimate of drug-likeness (QED) is 0.865. The number of nitrogens with zero attached hydrogens (tertiary/aromatic N) is 2. The zero-order chi connectivity index (χ0) is 10.8. The van der Waals surface area contributed by atoms with Gasteiger partial charge in [-0.2, -0.15) is 0 Å². The molecule has 2 rings (SSSR count). The van der Waals surface area contributed by atoms with Gasteiger partial charge >= 0.3 is 0 Å². The highest BCUT2D eigenvalue weighted by molar-refractivity contribution is 7.13. The summed E-state index contributed by atoms with van der Waals surface area (Å²) in [7, 11) is 0. The van der Waals surface area contributed by atoms with Crippen molar-refractivity contribution < 1.29 is 0 Å². The number of hydrogen-bond donors (Lipinski definition) is 1. The number of aromatic nitrogens is 2. The van der Waals surface area contributed by atoms with Gasteiger partial charge in [0, 0.05) is 24.5 Å². The molecule has 0 aliphatic rings. The molecule has 0 fully saturated rings. The molecule has 0 radical (unpaired) electrons. The Morgan fingerprint density at radius 2 is 2.27 bits per heavy atom. The summed E-state index contributed by atoms with van der Waals surface area (Å²) < 4.78 is 2.14. The van der Waals surface area contributed by atoms with E-state index in [2.05, 4.69) is 27.9 Å². The lowest BCUT2D eigenvalue weighted by atomic mass is 10.2. The summed E-state index contributed by atoms with van der Waals surface area (Å²) >= 11 is 1.70. The number of hydrogen-bond acceptors (Lipinski definition) is 3. The molecule has 2 aromatic rings. The maximum atomic E-state index is 5.90. The third-order valence-electron chi connectivity index (χ3n) is 2.61. The molecule has 3 nitrogen and oxygen atoms in total. The third kappa shape index (κ3) is 1.96. The molecule has 0 amide bonds. The van der Waals surface area contributed by atoms with Crippen molar-refractivity contribution in [1.29, 1.82) is 0 Å². The molecule has 2 heterocycles. The fraction of sp³-hybridized carbons (Fsp3) is 0.364. The Hall–Kier alpha value is -1.13. The summed E-state index contributed by atoms with van der Waals surface area (Å²) in [6, 6.07) is 4.51. The van der Waals surface area contributed by atoms with E-state index in [1.165, 1.54) is 4.88 Å². The minimum absolute atomic E-state index is 0.123. The molecule has 15 heavy (non-hydrogen) atoms. The Labute approximate surface area is 93.6 Å². The van der Waals surface area contributed by atoms with Gasteiger partial charge in [0.05, 0.1) is 4.88 Å². The number of thiophene rings is 1. The lowest BCUT2D eigenvalue weighted by Gasteiger charge is -2.19. The predicted molar refractivity (Wildman–Crippen MR) is 63.9 cm³/mol. The Morgan fingerprint density at radius 1 is 1.47 bits per heavy atom. The molecule has 0 saturated heterocycles. The Kier molecular flexibility index (Phi) is 2.88. The maximum absolute atomic E-state index is 5.90. The maximum Gasteiger partial charge on any atom is 0.150 e. The van der Waals surface area contributed by atoms with Crippen molar-refractivity contribution in [3.8, 4) is 10.7 Å². The van der Waals surface area contributed by atoms with Crippen molar-refractivity contribution in [2.45, 2.75) is 25.9 Å². The first-order valence-corrected chi connectivity index (χ1v) is 5.90. The van der Waals surface area contributed by atoms with E-state index in [0.29, 0.717) is 0 Å². The second-order valence-electron chi connectivity index (χ2n) is 3.74. The number of rotatable bonds is 3. The zero-order valence-electron chi connectivity index (χ0n) is 8.92. The average molecular weight is 221 g/mol. The van der Waals surface area contributed by atoms with E-state index < -0.39 is 0 Å². The Morgan fingerprint density at radius 3 is 2.87 bits per heavy atom. The smallest absolute Gasteiger partial charge is 0.150 e. The second-order valence-corrected chi connectivity index (χ2v) is 4.68. The number of nitrogens with two attached hydrogens (primary N) is 1. The van der Waals surface area contributed by atoms with Crippen molar-refractivity contribution in [2.75, 3.05) is 0 Å². The van der Waals surface area contributed by atoms with Crippen molar-refractivity contribution in [3.63, 3.8) is 0 Å². The highest BCUT2D eigenvalue weighted by Gasteiger charge is 2.14. The molecule has 4 heteroatoms. The molecular weight excluding hydrogens is 206 g/mol. The van der Waals surface area contributed by atoms with E-state index in [1.807, 2.05) is 25.4 Å². The third-order valence-corrected chi connectivity index (χ3v) is 3.48. The van der Waals surface area contributed by atoms with Crippen LogP contribution in [0.15, 0.2) is 29.9 Å². The van der Waals surface area contributed by atoms with Gasteiger partial charge in [-0.1, -0.05) is 6.07 Å². The molecule has 0 aliphatic heterocycles. The van der Waals surface area contributed by atoms with Gasteiger partial charge in [-0.25, -0.2) is 4.98 Å². The van der Waals surface area contributed by atoms with E-state index >= 15 is 0 Å². The van der Waals surface area contributed by atoms with Gasteiger partial charge in [-0.15, -0.1) is 11.3 Å². The second kappa shape index (κ2) is 4.16. The summed E-state index contributed by atoms with van der Waals surface area (Å²) in [6.45, 7) is 4.13. The summed E-state index contributed by atoms with van der Waals surface area (Å²) in [5.41, 5.74) is 5.90. The molecule has 0 saturated carbocycles. The van der Waals surface area contributed by atoms with Crippen LogP contribution in [0.4, 0.5) is 0 Å². The van der Waals surface area contributed by atoms with Crippen molar-refractivity contribution in [3.05, 3.63) is 29.9 Å². The first-order chi connectivity index (χ1) is 7.20. The minimum Gasteiger partial charge on any atom is -0.326 e. The van der Waals surface area contributed by atoms with Crippen molar-refractivity contribution >= 4 is 11.3 Å². The van der Waals surface area contributed by atoms with Crippen molar-refractivity contribution in [2.24, 2.45) is 5.73 Å². The number of imidazole rings is 1. The van der Waals surface area contributed by atoms with Crippen LogP contribution < -0.4 is 5.73 Å². The largest absolute Gasteiger partial charge is 0.326 e. The molecule has 2 aromatic heterocycles. The fourth-order valence-corrected chi connectivity index (χ4v) is 2.22. The molecular formula is C11H15N3S. The standard InChI is InChI=1S/C11H15N3S/c1-8(12)9(2)14-6-5-13-11(14)10-4-3-7-15-10/h3-9H,12H2,1-2H3. The van der Waals surface area contributed by atoms with Gasteiger partial charge in [0.15, 0.2) is 0 Å².